The van der Waals surface area contributed by atoms with E-state index in [1.165, 1.54) is 6.08 Å². The number of rotatable bonds is 10. The number of benzene rings is 1. The number of hydrogen-bond acceptors (Lipinski definition) is 12. The second-order valence-electron chi connectivity index (χ2n) is 18.1. The number of amides is 2. The summed E-state index contributed by atoms with van der Waals surface area (Å²) >= 11 is 0. The molecule has 0 radical (unpaired) electrons. The Morgan fingerprint density at radius 2 is 1.77 bits per heavy atom. The zero-order chi connectivity index (χ0) is 43.1. The molecule has 1 unspecified atom stereocenters. The van der Waals surface area contributed by atoms with Gasteiger partial charge < -0.3 is 24.6 Å². The molecular formula is C44H52FN11O4. The van der Waals surface area contributed by atoms with Crippen molar-refractivity contribution in [1.29, 1.82) is 10.5 Å². The topological polar surface area (TPSA) is 178 Å². The number of nitriles is 2. The summed E-state index contributed by atoms with van der Waals surface area (Å²) in [6.45, 7) is 15.9. The van der Waals surface area contributed by atoms with Gasteiger partial charge in [0.15, 0.2) is 5.82 Å². The Hall–Kier alpha value is -6.13. The molecule has 2 saturated heterocycles. The number of nitrogens with zero attached hydrogens (tertiary/aromatic N) is 10. The molecule has 314 valence electrons. The SMILES string of the molecule is CC(C)c1c2cc(-c3nc(Nc4ccc5c(n4)C(CCC(C)(C)OC(=O)N4CC(=CC#N)C4)CN(C4(CC#N)CN(C(=O)OC(C)(C)C)C4)C5)ncc3F)ccc2nn1C. The third-order valence-electron chi connectivity index (χ3n) is 11.4. The van der Waals surface area contributed by atoms with E-state index < -0.39 is 34.7 Å². The van der Waals surface area contributed by atoms with Crippen molar-refractivity contribution in [1.82, 2.24) is 39.4 Å². The number of ether oxygens (including phenoxy) is 2. The molecule has 1 atom stereocenters. The Labute approximate surface area is 349 Å². The fraction of sp³-hybridized carbons (Fsp3) is 0.500. The standard InChI is InChI=1S/C44H52FN11O4/c1-27(2)38-32-19-29(9-11-34(32)52-53(38)8)37-33(45)20-48-39(51-37)50-35-12-10-30-23-56(44(16-18-47)25-55(26-44)41(58)59-42(3,4)5)24-31(36(30)49-35)13-15-43(6,7)60-40(57)54-21-28(22-54)14-17-46/h9-12,14,19-20,27,31H,13,15-16,21-26H2,1-8H3,(H,48,49,50,51). The zero-order valence-electron chi connectivity index (χ0n) is 35.5. The number of fused-ring (bicyclic) bond motifs is 2. The number of carbonyl (C=O) groups is 2. The minimum absolute atomic E-state index is 0.149. The molecule has 1 aromatic carbocycles. The number of carbonyl (C=O) groups excluding carboxylic acids is 2. The maximum absolute atomic E-state index is 15.4. The van der Waals surface area contributed by atoms with Gasteiger partial charge in [0, 0.05) is 75.0 Å². The van der Waals surface area contributed by atoms with E-state index in [4.69, 9.17) is 19.7 Å². The second-order valence-corrected chi connectivity index (χ2v) is 18.1. The second kappa shape index (κ2) is 16.1. The fourth-order valence-electron chi connectivity index (χ4n) is 8.39. The van der Waals surface area contributed by atoms with Crippen LogP contribution in [0.3, 0.4) is 0 Å². The van der Waals surface area contributed by atoms with Crippen molar-refractivity contribution in [3.8, 4) is 23.4 Å². The van der Waals surface area contributed by atoms with E-state index in [1.54, 1.807) is 9.80 Å². The van der Waals surface area contributed by atoms with Gasteiger partial charge in [-0.1, -0.05) is 26.0 Å². The van der Waals surface area contributed by atoms with E-state index in [2.05, 4.69) is 45.2 Å². The Bertz CT molecular complexity index is 2430. The summed E-state index contributed by atoms with van der Waals surface area (Å²) in [6.07, 6.45) is 3.08. The molecule has 60 heavy (non-hydrogen) atoms. The molecule has 2 fully saturated rings. The lowest BCUT2D eigenvalue weighted by atomic mass is 9.80. The smallest absolute Gasteiger partial charge is 0.410 e. The van der Waals surface area contributed by atoms with E-state index in [0.29, 0.717) is 63.5 Å². The average Bonchev–Trinajstić information content (AvgIpc) is 3.48. The predicted octanol–water partition coefficient (Wildman–Crippen LogP) is 7.69. The first-order chi connectivity index (χ1) is 28.4. The van der Waals surface area contributed by atoms with Crippen LogP contribution < -0.4 is 5.32 Å². The number of halogens is 1. The molecule has 4 aromatic rings. The van der Waals surface area contributed by atoms with Gasteiger partial charge in [0.2, 0.25) is 5.95 Å². The number of aromatic nitrogens is 5. The monoisotopic (exact) mass is 817 g/mol. The van der Waals surface area contributed by atoms with Crippen LogP contribution in [0.1, 0.15) is 96.5 Å². The van der Waals surface area contributed by atoms with Crippen molar-refractivity contribution in [2.75, 3.05) is 38.0 Å². The van der Waals surface area contributed by atoms with Crippen molar-refractivity contribution in [2.45, 2.75) is 103 Å². The van der Waals surface area contributed by atoms with Gasteiger partial charge in [-0.2, -0.15) is 15.6 Å². The Kier molecular flexibility index (Phi) is 11.3. The molecule has 6 heterocycles. The first-order valence-corrected chi connectivity index (χ1v) is 20.3. The van der Waals surface area contributed by atoms with Crippen LogP contribution in [-0.4, -0.2) is 101 Å². The number of hydrogen-bond donors (Lipinski definition) is 1. The van der Waals surface area contributed by atoms with Gasteiger partial charge in [0.05, 0.1) is 41.5 Å². The van der Waals surface area contributed by atoms with Gasteiger partial charge in [0.25, 0.3) is 0 Å². The molecule has 2 amide bonds. The van der Waals surface area contributed by atoms with Crippen molar-refractivity contribution in [2.24, 2.45) is 7.05 Å². The lowest BCUT2D eigenvalue weighted by Gasteiger charge is -2.56. The summed E-state index contributed by atoms with van der Waals surface area (Å²) in [5.41, 5.74) is 3.23. The Morgan fingerprint density at radius 1 is 1.03 bits per heavy atom. The maximum atomic E-state index is 15.4. The summed E-state index contributed by atoms with van der Waals surface area (Å²) in [5.74, 6) is 0.155. The number of likely N-dealkylation sites (tertiary alicyclic amines) is 2. The molecule has 7 rings (SSSR count). The predicted molar refractivity (Wildman–Crippen MR) is 222 cm³/mol. The highest BCUT2D eigenvalue weighted by atomic mass is 19.1. The van der Waals surface area contributed by atoms with E-state index in [1.807, 2.05) is 82.7 Å². The first-order valence-electron chi connectivity index (χ1n) is 20.3. The quantitative estimate of drug-likeness (QED) is 0.155. The van der Waals surface area contributed by atoms with Crippen LogP contribution in [0.25, 0.3) is 22.2 Å². The summed E-state index contributed by atoms with van der Waals surface area (Å²) in [4.78, 5) is 45.5. The summed E-state index contributed by atoms with van der Waals surface area (Å²) in [7, 11) is 1.91. The largest absolute Gasteiger partial charge is 0.444 e. The Balaban J connectivity index is 1.14. The summed E-state index contributed by atoms with van der Waals surface area (Å²) < 4.78 is 28.9. The number of aryl methyl sites for hydroxylation is 1. The molecule has 0 spiro atoms. The van der Waals surface area contributed by atoms with E-state index in [-0.39, 0.29) is 29.9 Å². The number of nitrogens with one attached hydrogen (secondary N) is 1. The van der Waals surface area contributed by atoms with Crippen LogP contribution in [0.4, 0.5) is 25.7 Å². The zero-order valence-corrected chi connectivity index (χ0v) is 35.5. The molecule has 3 aliphatic rings. The van der Waals surface area contributed by atoms with Crippen molar-refractivity contribution >= 4 is 34.9 Å². The van der Waals surface area contributed by atoms with Crippen LogP contribution in [0.15, 0.2) is 48.2 Å². The van der Waals surface area contributed by atoms with Gasteiger partial charge in [-0.3, -0.25) is 9.58 Å². The molecule has 15 nitrogen and oxygen atoms in total. The molecular weight excluding hydrogens is 766 g/mol. The highest BCUT2D eigenvalue weighted by Gasteiger charge is 2.52. The minimum Gasteiger partial charge on any atom is -0.444 e. The van der Waals surface area contributed by atoms with Gasteiger partial charge in [-0.05, 0) is 82.7 Å². The molecule has 3 aliphatic heterocycles. The first kappa shape index (κ1) is 42.0. The molecule has 0 aliphatic carbocycles. The molecule has 3 aromatic heterocycles. The van der Waals surface area contributed by atoms with Crippen LogP contribution >= 0.6 is 0 Å². The third kappa shape index (κ3) is 8.75. The van der Waals surface area contributed by atoms with Crippen molar-refractivity contribution in [3.63, 3.8) is 0 Å². The number of anilines is 2. The highest BCUT2D eigenvalue weighted by molar-refractivity contribution is 5.87. The Morgan fingerprint density at radius 3 is 2.45 bits per heavy atom. The average molecular weight is 818 g/mol. The maximum Gasteiger partial charge on any atom is 0.410 e. The van der Waals surface area contributed by atoms with E-state index >= 15 is 4.39 Å². The van der Waals surface area contributed by atoms with E-state index in [9.17, 15) is 14.9 Å². The lowest BCUT2D eigenvalue weighted by Crippen LogP contribution is -2.72. The van der Waals surface area contributed by atoms with Gasteiger partial charge in [-0.25, -0.2) is 28.9 Å². The van der Waals surface area contributed by atoms with Crippen LogP contribution in [0, 0.1) is 28.5 Å². The van der Waals surface area contributed by atoms with Crippen molar-refractivity contribution < 1.29 is 23.5 Å². The normalized spacial score (nSPS) is 17.6. The van der Waals surface area contributed by atoms with Crippen LogP contribution in [-0.2, 0) is 23.1 Å². The molecule has 16 heteroatoms. The molecule has 0 bridgehead atoms. The third-order valence-corrected chi connectivity index (χ3v) is 11.4. The number of pyridine rings is 1. The number of allylic oxidation sites excluding steroid dienone is 1. The minimum atomic E-state index is -0.828. The van der Waals surface area contributed by atoms with Gasteiger partial charge >= 0.3 is 12.2 Å². The van der Waals surface area contributed by atoms with E-state index in [0.717, 1.165) is 39.6 Å². The fourth-order valence-corrected chi connectivity index (χ4v) is 8.39. The van der Waals surface area contributed by atoms with Gasteiger partial charge in [-0.15, -0.1) is 0 Å². The lowest BCUT2D eigenvalue weighted by molar-refractivity contribution is -0.0721. The van der Waals surface area contributed by atoms with Gasteiger partial charge in [0.1, 0.15) is 22.7 Å². The summed E-state index contributed by atoms with van der Waals surface area (Å²) in [5, 5.41) is 27.7. The van der Waals surface area contributed by atoms with Crippen LogP contribution in [0.2, 0.25) is 0 Å². The van der Waals surface area contributed by atoms with Crippen molar-refractivity contribution in [3.05, 3.63) is 70.9 Å². The molecule has 1 N–H and O–H groups in total. The highest BCUT2D eigenvalue weighted by Crippen LogP contribution is 2.41. The molecule has 0 saturated carbocycles. The summed E-state index contributed by atoms with van der Waals surface area (Å²) in [6, 6.07) is 13.8. The van der Waals surface area contributed by atoms with Crippen LogP contribution in [0.5, 0.6) is 0 Å².